The fourth-order valence-electron chi connectivity index (χ4n) is 1.47. The fraction of sp³-hybridized carbons (Fsp3) is 0.909. The van der Waals surface area contributed by atoms with Gasteiger partial charge in [-0.1, -0.05) is 20.8 Å². The summed E-state index contributed by atoms with van der Waals surface area (Å²) in [5.74, 6) is 0.378. The van der Waals surface area contributed by atoms with Crippen LogP contribution in [0, 0.1) is 11.8 Å². The van der Waals surface area contributed by atoms with Crippen molar-refractivity contribution in [3.05, 3.63) is 0 Å². The van der Waals surface area contributed by atoms with E-state index in [1.54, 1.807) is 0 Å². The first-order valence-corrected chi connectivity index (χ1v) is 5.62. The fourth-order valence-corrected chi connectivity index (χ4v) is 1.47. The van der Waals surface area contributed by atoms with Gasteiger partial charge >= 0.3 is 0 Å². The second-order valence-corrected chi connectivity index (χ2v) is 4.50. The molecular formula is C11H24N2O2. The molecule has 4 heteroatoms. The van der Waals surface area contributed by atoms with Crippen LogP contribution < -0.4 is 11.1 Å². The zero-order chi connectivity index (χ0) is 11.8. The highest BCUT2D eigenvalue weighted by Gasteiger charge is 2.17. The van der Waals surface area contributed by atoms with Crippen molar-refractivity contribution in [2.45, 2.75) is 39.7 Å². The molecule has 0 saturated carbocycles. The molecule has 4 N–H and O–H groups in total. The molecular weight excluding hydrogens is 192 g/mol. The lowest BCUT2D eigenvalue weighted by Crippen LogP contribution is -2.41. The molecule has 0 heterocycles. The summed E-state index contributed by atoms with van der Waals surface area (Å²) in [6.07, 6.45) is 1.49. The SMILES string of the molecule is CC(C)CC(CO)NC(=O)C(C)CCN. The van der Waals surface area contributed by atoms with Crippen LogP contribution in [0.5, 0.6) is 0 Å². The molecule has 4 nitrogen and oxygen atoms in total. The number of nitrogens with one attached hydrogen (secondary N) is 1. The highest BCUT2D eigenvalue weighted by atomic mass is 16.3. The molecule has 15 heavy (non-hydrogen) atoms. The molecule has 2 atom stereocenters. The maximum Gasteiger partial charge on any atom is 0.223 e. The van der Waals surface area contributed by atoms with Crippen molar-refractivity contribution in [2.75, 3.05) is 13.2 Å². The lowest BCUT2D eigenvalue weighted by Gasteiger charge is -2.20. The van der Waals surface area contributed by atoms with Gasteiger partial charge in [0.05, 0.1) is 12.6 Å². The number of carbonyl (C=O) groups excluding carboxylic acids is 1. The molecule has 1 amide bonds. The van der Waals surface area contributed by atoms with Gasteiger partial charge in [-0.05, 0) is 25.3 Å². The summed E-state index contributed by atoms with van der Waals surface area (Å²) in [5.41, 5.74) is 5.38. The summed E-state index contributed by atoms with van der Waals surface area (Å²) in [7, 11) is 0. The number of hydrogen-bond donors (Lipinski definition) is 3. The maximum absolute atomic E-state index is 11.6. The third kappa shape index (κ3) is 6.47. The van der Waals surface area contributed by atoms with Crippen LogP contribution in [0.15, 0.2) is 0 Å². The van der Waals surface area contributed by atoms with Crippen LogP contribution in [0.25, 0.3) is 0 Å². The third-order valence-electron chi connectivity index (χ3n) is 2.37. The van der Waals surface area contributed by atoms with Crippen molar-refractivity contribution < 1.29 is 9.90 Å². The van der Waals surface area contributed by atoms with Gasteiger partial charge in [-0.3, -0.25) is 4.79 Å². The van der Waals surface area contributed by atoms with E-state index >= 15 is 0 Å². The van der Waals surface area contributed by atoms with Crippen LogP contribution in [0.1, 0.15) is 33.6 Å². The average Bonchev–Trinajstić information content (AvgIpc) is 2.16. The number of amides is 1. The molecule has 0 aromatic rings. The van der Waals surface area contributed by atoms with E-state index in [4.69, 9.17) is 10.8 Å². The van der Waals surface area contributed by atoms with Gasteiger partial charge in [0.25, 0.3) is 0 Å². The molecule has 0 rings (SSSR count). The summed E-state index contributed by atoms with van der Waals surface area (Å²) in [5, 5.41) is 11.9. The van der Waals surface area contributed by atoms with Gasteiger partial charge in [0.15, 0.2) is 0 Å². The predicted molar refractivity (Wildman–Crippen MR) is 61.3 cm³/mol. The van der Waals surface area contributed by atoms with Crippen LogP contribution in [0.3, 0.4) is 0 Å². The van der Waals surface area contributed by atoms with E-state index in [0.717, 1.165) is 6.42 Å². The smallest absolute Gasteiger partial charge is 0.223 e. The van der Waals surface area contributed by atoms with Gasteiger partial charge in [-0.2, -0.15) is 0 Å². The minimum atomic E-state index is -0.127. The minimum Gasteiger partial charge on any atom is -0.394 e. The highest BCUT2D eigenvalue weighted by Crippen LogP contribution is 2.06. The summed E-state index contributed by atoms with van der Waals surface area (Å²) in [6, 6.07) is -0.127. The van der Waals surface area contributed by atoms with Crippen LogP contribution in [0.2, 0.25) is 0 Å². The predicted octanol–water partition coefficient (Wildman–Crippen LogP) is 0.495. The number of aliphatic hydroxyl groups excluding tert-OH is 1. The van der Waals surface area contributed by atoms with Crippen molar-refractivity contribution in [1.82, 2.24) is 5.32 Å². The van der Waals surface area contributed by atoms with E-state index < -0.39 is 0 Å². The Labute approximate surface area is 92.2 Å². The Morgan fingerprint density at radius 1 is 1.40 bits per heavy atom. The average molecular weight is 216 g/mol. The lowest BCUT2D eigenvalue weighted by molar-refractivity contribution is -0.125. The molecule has 90 valence electrons. The van der Waals surface area contributed by atoms with Gasteiger partial charge < -0.3 is 16.2 Å². The Kier molecular flexibility index (Phi) is 7.34. The van der Waals surface area contributed by atoms with E-state index in [2.05, 4.69) is 19.2 Å². The van der Waals surface area contributed by atoms with Crippen molar-refractivity contribution in [1.29, 1.82) is 0 Å². The van der Waals surface area contributed by atoms with Crippen molar-refractivity contribution in [3.63, 3.8) is 0 Å². The molecule has 0 saturated heterocycles. The number of aliphatic hydroxyl groups is 1. The van der Waals surface area contributed by atoms with Crippen molar-refractivity contribution in [3.8, 4) is 0 Å². The number of hydrogen-bond acceptors (Lipinski definition) is 3. The molecule has 0 aliphatic heterocycles. The second-order valence-electron chi connectivity index (χ2n) is 4.50. The van der Waals surface area contributed by atoms with E-state index in [0.29, 0.717) is 18.9 Å². The molecule has 0 fully saturated rings. The summed E-state index contributed by atoms with van der Waals surface area (Å²) < 4.78 is 0. The van der Waals surface area contributed by atoms with E-state index in [9.17, 15) is 4.79 Å². The third-order valence-corrected chi connectivity index (χ3v) is 2.37. The molecule has 0 bridgehead atoms. The van der Waals surface area contributed by atoms with Crippen LogP contribution >= 0.6 is 0 Å². The van der Waals surface area contributed by atoms with Gasteiger partial charge in [0, 0.05) is 5.92 Å². The Balaban J connectivity index is 4.00. The first-order chi connectivity index (χ1) is 7.01. The zero-order valence-electron chi connectivity index (χ0n) is 9.99. The first-order valence-electron chi connectivity index (χ1n) is 5.62. The minimum absolute atomic E-state index is 0.000729. The molecule has 0 aromatic carbocycles. The van der Waals surface area contributed by atoms with Crippen LogP contribution in [0.4, 0.5) is 0 Å². The summed E-state index contributed by atoms with van der Waals surface area (Å²) >= 11 is 0. The van der Waals surface area contributed by atoms with Gasteiger partial charge in [-0.25, -0.2) is 0 Å². The van der Waals surface area contributed by atoms with Gasteiger partial charge in [-0.15, -0.1) is 0 Å². The highest BCUT2D eigenvalue weighted by molar-refractivity contribution is 5.78. The largest absolute Gasteiger partial charge is 0.394 e. The van der Waals surface area contributed by atoms with Crippen molar-refractivity contribution in [2.24, 2.45) is 17.6 Å². The van der Waals surface area contributed by atoms with Gasteiger partial charge in [0.2, 0.25) is 5.91 Å². The normalized spacial score (nSPS) is 15.1. The Hall–Kier alpha value is -0.610. The molecule has 0 spiro atoms. The Morgan fingerprint density at radius 2 is 2.00 bits per heavy atom. The Bertz CT molecular complexity index is 183. The number of nitrogens with two attached hydrogens (primary N) is 1. The van der Waals surface area contributed by atoms with Crippen LogP contribution in [-0.4, -0.2) is 30.2 Å². The topological polar surface area (TPSA) is 75.3 Å². The van der Waals surface area contributed by atoms with Crippen LogP contribution in [-0.2, 0) is 4.79 Å². The van der Waals surface area contributed by atoms with E-state index in [1.165, 1.54) is 0 Å². The first kappa shape index (κ1) is 14.4. The number of rotatable bonds is 7. The van der Waals surface area contributed by atoms with E-state index in [-0.39, 0.29) is 24.5 Å². The molecule has 0 aromatic heterocycles. The molecule has 0 radical (unpaired) electrons. The summed E-state index contributed by atoms with van der Waals surface area (Å²) in [4.78, 5) is 11.6. The van der Waals surface area contributed by atoms with Gasteiger partial charge in [0.1, 0.15) is 0 Å². The molecule has 2 unspecified atom stereocenters. The summed E-state index contributed by atoms with van der Waals surface area (Å²) in [6.45, 7) is 6.50. The maximum atomic E-state index is 11.6. The molecule has 0 aliphatic carbocycles. The van der Waals surface area contributed by atoms with E-state index in [1.807, 2.05) is 6.92 Å². The quantitative estimate of drug-likeness (QED) is 0.580. The Morgan fingerprint density at radius 3 is 2.40 bits per heavy atom. The monoisotopic (exact) mass is 216 g/mol. The van der Waals surface area contributed by atoms with Crippen molar-refractivity contribution >= 4 is 5.91 Å². The second kappa shape index (κ2) is 7.65. The zero-order valence-corrected chi connectivity index (χ0v) is 9.99. The number of carbonyl (C=O) groups is 1. The standard InChI is InChI=1S/C11H24N2O2/c1-8(2)6-10(7-14)13-11(15)9(3)4-5-12/h8-10,14H,4-7,12H2,1-3H3,(H,13,15). The lowest BCUT2D eigenvalue weighted by atomic mass is 10.0. The molecule has 0 aliphatic rings.